The van der Waals surface area contributed by atoms with Gasteiger partial charge in [-0.25, -0.2) is 0 Å². The van der Waals surface area contributed by atoms with Crippen LogP contribution in [-0.4, -0.2) is 30.0 Å². The first-order valence-corrected chi connectivity index (χ1v) is 9.46. The van der Waals surface area contributed by atoms with Gasteiger partial charge < -0.3 is 14.5 Å². The second-order valence-electron chi connectivity index (χ2n) is 6.85. The van der Waals surface area contributed by atoms with Gasteiger partial charge in [0.05, 0.1) is 7.11 Å². The van der Waals surface area contributed by atoms with Crippen LogP contribution in [0.5, 0.6) is 11.5 Å². The fourth-order valence-electron chi connectivity index (χ4n) is 3.14. The molecule has 0 bridgehead atoms. The van der Waals surface area contributed by atoms with Crippen molar-refractivity contribution >= 4 is 33.5 Å². The zero-order valence-corrected chi connectivity index (χ0v) is 16.6. The molecule has 1 heterocycles. The third kappa shape index (κ3) is 4.05. The number of carbonyl (C=O) groups excluding carboxylic acids is 2. The molecule has 1 aromatic heterocycles. The summed E-state index contributed by atoms with van der Waals surface area (Å²) in [6, 6.07) is 20.7. The number of methoxy groups -OCH3 is 1. The van der Waals surface area contributed by atoms with E-state index in [1.807, 2.05) is 54.6 Å². The highest BCUT2D eigenvalue weighted by Gasteiger charge is 2.17. The molecule has 2 amide bonds. The Labute approximate surface area is 173 Å². The van der Waals surface area contributed by atoms with Crippen LogP contribution in [0.2, 0.25) is 0 Å². The molecule has 0 saturated heterocycles. The van der Waals surface area contributed by atoms with Gasteiger partial charge in [0.25, 0.3) is 11.8 Å². The lowest BCUT2D eigenvalue weighted by Gasteiger charge is -2.15. The van der Waals surface area contributed by atoms with Gasteiger partial charge in [-0.1, -0.05) is 30.3 Å². The van der Waals surface area contributed by atoms with Crippen LogP contribution in [-0.2, 0) is 4.79 Å². The zero-order chi connectivity index (χ0) is 21.1. The van der Waals surface area contributed by atoms with Crippen LogP contribution in [0.4, 0.5) is 0 Å². The maximum Gasteiger partial charge on any atom is 0.286 e. The lowest BCUT2D eigenvalue weighted by Crippen LogP contribution is -2.47. The van der Waals surface area contributed by atoms with Crippen molar-refractivity contribution < 1.29 is 19.1 Å². The number of hydrazine groups is 1. The van der Waals surface area contributed by atoms with Gasteiger partial charge in [-0.3, -0.25) is 20.4 Å². The van der Waals surface area contributed by atoms with Crippen molar-refractivity contribution in [3.05, 3.63) is 72.4 Å². The van der Waals surface area contributed by atoms with E-state index in [0.29, 0.717) is 17.2 Å². The van der Waals surface area contributed by atoms with E-state index in [0.717, 1.165) is 21.7 Å². The van der Waals surface area contributed by atoms with Crippen LogP contribution in [0, 0.1) is 0 Å². The Balaban J connectivity index is 1.36. The second-order valence-corrected chi connectivity index (χ2v) is 6.85. The molecule has 0 aliphatic heterocycles. The number of carbonyl (C=O) groups is 2. The fraction of sp³-hybridized carbons (Fsp3) is 0.130. The molecule has 0 aliphatic rings. The van der Waals surface area contributed by atoms with Gasteiger partial charge in [0, 0.05) is 17.0 Å². The maximum absolute atomic E-state index is 12.4. The zero-order valence-electron chi connectivity index (χ0n) is 16.6. The lowest BCUT2D eigenvalue weighted by molar-refractivity contribution is -0.128. The molecular weight excluding hydrogens is 382 g/mol. The van der Waals surface area contributed by atoms with Crippen LogP contribution >= 0.6 is 0 Å². The van der Waals surface area contributed by atoms with Gasteiger partial charge in [-0.05, 0) is 48.0 Å². The highest BCUT2D eigenvalue weighted by atomic mass is 16.5. The molecule has 0 fully saturated rings. The number of H-pyrrole nitrogens is 1. The van der Waals surface area contributed by atoms with Crippen LogP contribution in [0.1, 0.15) is 17.4 Å². The molecule has 7 nitrogen and oxygen atoms in total. The van der Waals surface area contributed by atoms with Gasteiger partial charge in [-0.2, -0.15) is 0 Å². The molecule has 1 unspecified atom stereocenters. The monoisotopic (exact) mass is 403 g/mol. The summed E-state index contributed by atoms with van der Waals surface area (Å²) in [5, 5.41) is 2.97. The Morgan fingerprint density at radius 3 is 2.40 bits per heavy atom. The number of hydrogen-bond acceptors (Lipinski definition) is 4. The predicted molar refractivity (Wildman–Crippen MR) is 114 cm³/mol. The normalized spacial score (nSPS) is 11.8. The van der Waals surface area contributed by atoms with Gasteiger partial charge in [0.2, 0.25) is 0 Å². The minimum absolute atomic E-state index is 0.321. The Hall–Kier alpha value is -4.00. The Bertz CT molecular complexity index is 1230. The first-order valence-electron chi connectivity index (χ1n) is 9.46. The molecule has 3 N–H and O–H groups in total. The van der Waals surface area contributed by atoms with Crippen LogP contribution in [0.3, 0.4) is 0 Å². The fourth-order valence-corrected chi connectivity index (χ4v) is 3.14. The molecule has 0 radical (unpaired) electrons. The largest absolute Gasteiger partial charge is 0.497 e. The first-order chi connectivity index (χ1) is 14.5. The molecule has 3 aromatic carbocycles. The van der Waals surface area contributed by atoms with E-state index in [9.17, 15) is 9.59 Å². The quantitative estimate of drug-likeness (QED) is 0.444. The van der Waals surface area contributed by atoms with E-state index < -0.39 is 17.9 Å². The van der Waals surface area contributed by atoms with Gasteiger partial charge in [-0.15, -0.1) is 0 Å². The SMILES string of the molecule is COc1ccc2cc(C(=O)NNC(=O)C(C)Oc3ccc4ccccc4c3)[nH]c2c1. The van der Waals surface area contributed by atoms with E-state index in [1.54, 1.807) is 26.2 Å². The van der Waals surface area contributed by atoms with E-state index >= 15 is 0 Å². The molecule has 30 heavy (non-hydrogen) atoms. The van der Waals surface area contributed by atoms with Crippen molar-refractivity contribution in [1.29, 1.82) is 0 Å². The molecule has 7 heteroatoms. The standard InChI is InChI=1S/C23H21N3O4/c1-14(30-19-10-7-15-5-3-4-6-16(15)11-19)22(27)25-26-23(28)21-12-17-8-9-18(29-2)13-20(17)24-21/h3-14,24H,1-2H3,(H,25,27)(H,26,28). The minimum atomic E-state index is -0.793. The van der Waals surface area contributed by atoms with Crippen molar-refractivity contribution in [2.24, 2.45) is 0 Å². The molecule has 4 rings (SSSR count). The van der Waals surface area contributed by atoms with Crippen LogP contribution < -0.4 is 20.3 Å². The maximum atomic E-state index is 12.4. The molecule has 1 atom stereocenters. The van der Waals surface area contributed by atoms with E-state index in [2.05, 4.69) is 15.8 Å². The molecule has 0 aliphatic carbocycles. The first kappa shape index (κ1) is 19.3. The van der Waals surface area contributed by atoms with Crippen molar-refractivity contribution in [1.82, 2.24) is 15.8 Å². The number of nitrogens with one attached hydrogen (secondary N) is 3. The van der Waals surface area contributed by atoms with Gasteiger partial charge in [0.15, 0.2) is 6.10 Å². The summed E-state index contributed by atoms with van der Waals surface area (Å²) >= 11 is 0. The highest BCUT2D eigenvalue weighted by Crippen LogP contribution is 2.22. The second kappa shape index (κ2) is 8.16. The topological polar surface area (TPSA) is 92.5 Å². The van der Waals surface area contributed by atoms with Crippen molar-refractivity contribution in [2.45, 2.75) is 13.0 Å². The van der Waals surface area contributed by atoms with E-state index in [4.69, 9.17) is 9.47 Å². The van der Waals surface area contributed by atoms with Crippen LogP contribution in [0.15, 0.2) is 66.7 Å². The third-order valence-corrected chi connectivity index (χ3v) is 4.78. The van der Waals surface area contributed by atoms with Crippen molar-refractivity contribution in [2.75, 3.05) is 7.11 Å². The smallest absolute Gasteiger partial charge is 0.286 e. The summed E-state index contributed by atoms with van der Waals surface area (Å²) in [7, 11) is 1.58. The average Bonchev–Trinajstić information content (AvgIpc) is 3.20. The van der Waals surface area contributed by atoms with Gasteiger partial charge in [0.1, 0.15) is 17.2 Å². The molecule has 4 aromatic rings. The number of aromatic nitrogens is 1. The molecule has 152 valence electrons. The van der Waals surface area contributed by atoms with E-state index in [-0.39, 0.29) is 0 Å². The molecule has 0 spiro atoms. The van der Waals surface area contributed by atoms with Crippen molar-refractivity contribution in [3.63, 3.8) is 0 Å². The van der Waals surface area contributed by atoms with Gasteiger partial charge >= 0.3 is 0 Å². The summed E-state index contributed by atoms with van der Waals surface area (Å²) in [6.07, 6.45) is -0.793. The number of ether oxygens (including phenoxy) is 2. The molecule has 0 saturated carbocycles. The van der Waals surface area contributed by atoms with Crippen LogP contribution in [0.25, 0.3) is 21.7 Å². The Kier molecular flexibility index (Phi) is 5.26. The minimum Gasteiger partial charge on any atom is -0.497 e. The summed E-state index contributed by atoms with van der Waals surface area (Å²) in [6.45, 7) is 1.62. The summed E-state index contributed by atoms with van der Waals surface area (Å²) < 4.78 is 10.9. The number of benzene rings is 3. The summed E-state index contributed by atoms with van der Waals surface area (Å²) in [5.41, 5.74) is 5.88. The number of fused-ring (bicyclic) bond motifs is 2. The average molecular weight is 403 g/mol. The number of rotatable bonds is 5. The van der Waals surface area contributed by atoms with Crippen molar-refractivity contribution in [3.8, 4) is 11.5 Å². The predicted octanol–water partition coefficient (Wildman–Crippen LogP) is 3.56. The third-order valence-electron chi connectivity index (χ3n) is 4.78. The highest BCUT2D eigenvalue weighted by molar-refractivity contribution is 5.99. The Morgan fingerprint density at radius 1 is 0.867 bits per heavy atom. The number of aromatic amines is 1. The number of amides is 2. The van der Waals surface area contributed by atoms with E-state index in [1.165, 1.54) is 0 Å². The summed E-state index contributed by atoms with van der Waals surface area (Å²) in [4.78, 5) is 27.7. The molecular formula is C23H21N3O4. The number of hydrogen-bond donors (Lipinski definition) is 3. The summed E-state index contributed by atoms with van der Waals surface area (Å²) in [5.74, 6) is 0.335. The Morgan fingerprint density at radius 2 is 1.60 bits per heavy atom. The lowest BCUT2D eigenvalue weighted by atomic mass is 10.1.